The van der Waals surface area contributed by atoms with E-state index < -0.39 is 12.0 Å². The van der Waals surface area contributed by atoms with Gasteiger partial charge in [0.15, 0.2) is 0 Å². The Labute approximate surface area is 264 Å². The predicted octanol–water partition coefficient (Wildman–Crippen LogP) is 6.64. The van der Waals surface area contributed by atoms with E-state index in [2.05, 4.69) is 47.0 Å². The largest absolute Gasteiger partial charge is 0.467 e. The van der Waals surface area contributed by atoms with Gasteiger partial charge < -0.3 is 25.0 Å². The van der Waals surface area contributed by atoms with Crippen molar-refractivity contribution in [2.75, 3.05) is 20.2 Å². The normalized spacial score (nSPS) is 16.8. The van der Waals surface area contributed by atoms with Gasteiger partial charge >= 0.3 is 12.0 Å². The summed E-state index contributed by atoms with van der Waals surface area (Å²) in [5, 5.41) is 6.04. The number of hydrogen-bond acceptors (Lipinski definition) is 5. The van der Waals surface area contributed by atoms with E-state index in [1.54, 1.807) is 29.2 Å². The molecular formula is C37H39N3O5. The molecular weight excluding hydrogens is 566 g/mol. The van der Waals surface area contributed by atoms with Gasteiger partial charge in [-0.05, 0) is 65.4 Å². The zero-order chi connectivity index (χ0) is 31.8. The standard InChI is InChI=1S/C37H39N3O5/c1-25(2)34(36(42)44-3)39-37(43)40-23-22-32(28-16-14-27(15-17-28)26-10-6-4-7-11-26)33(24-40)38-35(41)29-18-20-31(21-19-29)45-30-12-8-5-9-13-30/h4-21,25,32-34H,22-24H2,1-3H3,(H,38,41)(H,39,43)/t32-,33+,34-/m1/s1. The number of carbonyl (C=O) groups is 3. The molecule has 3 amide bonds. The van der Waals surface area contributed by atoms with Gasteiger partial charge in [0, 0.05) is 24.6 Å². The number of hydrogen-bond donors (Lipinski definition) is 2. The van der Waals surface area contributed by atoms with Crippen molar-refractivity contribution in [1.82, 2.24) is 15.5 Å². The van der Waals surface area contributed by atoms with Crippen molar-refractivity contribution in [2.45, 2.75) is 38.3 Å². The number of likely N-dealkylation sites (tertiary alicyclic amines) is 1. The first-order valence-electron chi connectivity index (χ1n) is 15.2. The summed E-state index contributed by atoms with van der Waals surface area (Å²) in [7, 11) is 1.31. The van der Waals surface area contributed by atoms with E-state index in [0.29, 0.717) is 30.0 Å². The molecule has 5 rings (SSSR count). The Hall–Kier alpha value is -5.11. The molecule has 1 fully saturated rings. The lowest BCUT2D eigenvalue weighted by molar-refractivity contribution is -0.144. The van der Waals surface area contributed by atoms with Crippen molar-refractivity contribution in [3.8, 4) is 22.6 Å². The Bertz CT molecular complexity index is 1570. The van der Waals surface area contributed by atoms with E-state index >= 15 is 0 Å². The maximum Gasteiger partial charge on any atom is 0.328 e. The number of carbonyl (C=O) groups excluding carboxylic acids is 3. The van der Waals surface area contributed by atoms with Gasteiger partial charge in [-0.25, -0.2) is 9.59 Å². The minimum atomic E-state index is -0.768. The van der Waals surface area contributed by atoms with Crippen LogP contribution in [0, 0.1) is 5.92 Å². The molecule has 0 saturated carbocycles. The van der Waals surface area contributed by atoms with E-state index in [0.717, 1.165) is 16.7 Å². The maximum atomic E-state index is 13.5. The molecule has 0 unspecified atom stereocenters. The van der Waals surface area contributed by atoms with Crippen LogP contribution in [0.1, 0.15) is 42.1 Å². The van der Waals surface area contributed by atoms with Crippen molar-refractivity contribution >= 4 is 17.9 Å². The molecule has 4 aromatic rings. The van der Waals surface area contributed by atoms with Crippen LogP contribution in [-0.4, -0.2) is 55.1 Å². The van der Waals surface area contributed by atoms with Crippen LogP contribution in [0.25, 0.3) is 11.1 Å². The van der Waals surface area contributed by atoms with Crippen LogP contribution in [0.3, 0.4) is 0 Å². The summed E-state index contributed by atoms with van der Waals surface area (Å²) in [4.78, 5) is 40.9. The number of urea groups is 1. The molecule has 0 spiro atoms. The lowest BCUT2D eigenvalue weighted by Crippen LogP contribution is -2.57. The van der Waals surface area contributed by atoms with Gasteiger partial charge in [-0.15, -0.1) is 0 Å². The number of benzene rings is 4. The second-order valence-electron chi connectivity index (χ2n) is 11.5. The fraction of sp³-hybridized carbons (Fsp3) is 0.270. The molecule has 0 bridgehead atoms. The zero-order valence-corrected chi connectivity index (χ0v) is 25.8. The van der Waals surface area contributed by atoms with E-state index in [1.807, 2.05) is 62.4 Å². The molecule has 4 aromatic carbocycles. The Morgan fingerprint density at radius 1 is 0.778 bits per heavy atom. The van der Waals surface area contributed by atoms with Crippen molar-refractivity contribution in [2.24, 2.45) is 5.92 Å². The highest BCUT2D eigenvalue weighted by atomic mass is 16.5. The van der Waals surface area contributed by atoms with Crippen LogP contribution >= 0.6 is 0 Å². The minimum absolute atomic E-state index is 0.0231. The van der Waals surface area contributed by atoms with Gasteiger partial charge in [0.2, 0.25) is 0 Å². The Balaban J connectivity index is 1.34. The maximum absolute atomic E-state index is 13.5. The predicted molar refractivity (Wildman–Crippen MR) is 174 cm³/mol. The van der Waals surface area contributed by atoms with Gasteiger partial charge in [0.25, 0.3) is 5.91 Å². The number of nitrogens with one attached hydrogen (secondary N) is 2. The highest BCUT2D eigenvalue weighted by Crippen LogP contribution is 2.31. The molecule has 0 radical (unpaired) electrons. The summed E-state index contributed by atoms with van der Waals surface area (Å²) >= 11 is 0. The van der Waals surface area contributed by atoms with Crippen LogP contribution in [-0.2, 0) is 9.53 Å². The number of piperidine rings is 1. The number of para-hydroxylation sites is 1. The van der Waals surface area contributed by atoms with Crippen LogP contribution < -0.4 is 15.4 Å². The lowest BCUT2D eigenvalue weighted by atomic mass is 9.84. The molecule has 45 heavy (non-hydrogen) atoms. The third-order valence-corrected chi connectivity index (χ3v) is 8.16. The molecule has 8 heteroatoms. The number of rotatable bonds is 9. The number of amides is 3. The number of esters is 1. The molecule has 1 heterocycles. The lowest BCUT2D eigenvalue weighted by Gasteiger charge is -2.39. The molecule has 0 aromatic heterocycles. The van der Waals surface area contributed by atoms with E-state index in [4.69, 9.17) is 9.47 Å². The minimum Gasteiger partial charge on any atom is -0.467 e. The monoisotopic (exact) mass is 605 g/mol. The van der Waals surface area contributed by atoms with Gasteiger partial charge in [-0.2, -0.15) is 0 Å². The molecule has 2 N–H and O–H groups in total. The molecule has 1 aliphatic rings. The number of nitrogens with zero attached hydrogens (tertiary/aromatic N) is 1. The van der Waals surface area contributed by atoms with Gasteiger partial charge in [0.1, 0.15) is 17.5 Å². The summed E-state index contributed by atoms with van der Waals surface area (Å²) in [5.74, 6) is 0.435. The van der Waals surface area contributed by atoms with Crippen LogP contribution in [0.15, 0.2) is 109 Å². The number of ether oxygens (including phenoxy) is 2. The second-order valence-corrected chi connectivity index (χ2v) is 11.5. The second kappa shape index (κ2) is 14.6. The molecule has 0 aliphatic carbocycles. The van der Waals surface area contributed by atoms with Gasteiger partial charge in [0.05, 0.1) is 13.2 Å². The first kappa shape index (κ1) is 31.3. The highest BCUT2D eigenvalue weighted by molar-refractivity contribution is 5.94. The summed E-state index contributed by atoms with van der Waals surface area (Å²) in [6.45, 7) is 4.46. The molecule has 232 valence electrons. The Morgan fingerprint density at radius 2 is 1.38 bits per heavy atom. The van der Waals surface area contributed by atoms with Crippen molar-refractivity contribution in [3.05, 3.63) is 120 Å². The first-order chi connectivity index (χ1) is 21.8. The summed E-state index contributed by atoms with van der Waals surface area (Å²) < 4.78 is 10.8. The van der Waals surface area contributed by atoms with E-state index in [-0.39, 0.29) is 36.4 Å². The smallest absolute Gasteiger partial charge is 0.328 e. The van der Waals surface area contributed by atoms with E-state index in [1.165, 1.54) is 7.11 Å². The quantitative estimate of drug-likeness (QED) is 0.209. The van der Waals surface area contributed by atoms with Crippen molar-refractivity contribution in [1.29, 1.82) is 0 Å². The highest BCUT2D eigenvalue weighted by Gasteiger charge is 2.35. The first-order valence-corrected chi connectivity index (χ1v) is 15.2. The average molecular weight is 606 g/mol. The average Bonchev–Trinajstić information content (AvgIpc) is 3.08. The van der Waals surface area contributed by atoms with Crippen LogP contribution in [0.5, 0.6) is 11.5 Å². The SMILES string of the molecule is COC(=O)[C@H](NC(=O)N1CC[C@H](c2ccc(-c3ccccc3)cc2)[C@@H](NC(=O)c2ccc(Oc3ccccc3)cc2)C1)C(C)C. The fourth-order valence-corrected chi connectivity index (χ4v) is 5.63. The molecule has 8 nitrogen and oxygen atoms in total. The topological polar surface area (TPSA) is 97.0 Å². The molecule has 3 atom stereocenters. The Morgan fingerprint density at radius 3 is 2.00 bits per heavy atom. The molecule has 1 saturated heterocycles. The van der Waals surface area contributed by atoms with Crippen LogP contribution in [0.2, 0.25) is 0 Å². The third kappa shape index (κ3) is 7.89. The van der Waals surface area contributed by atoms with Crippen LogP contribution in [0.4, 0.5) is 4.79 Å². The Kier molecular flexibility index (Phi) is 10.1. The summed E-state index contributed by atoms with van der Waals surface area (Å²) in [6, 6.07) is 33.5. The number of methoxy groups -OCH3 is 1. The van der Waals surface area contributed by atoms with Crippen molar-refractivity contribution in [3.63, 3.8) is 0 Å². The third-order valence-electron chi connectivity index (χ3n) is 8.16. The summed E-state index contributed by atoms with van der Waals surface area (Å²) in [5.41, 5.74) is 3.81. The van der Waals surface area contributed by atoms with E-state index in [9.17, 15) is 14.4 Å². The van der Waals surface area contributed by atoms with Crippen molar-refractivity contribution < 1.29 is 23.9 Å². The zero-order valence-electron chi connectivity index (χ0n) is 25.8. The molecule has 1 aliphatic heterocycles. The van der Waals surface area contributed by atoms with Gasteiger partial charge in [-0.3, -0.25) is 4.79 Å². The summed E-state index contributed by atoms with van der Waals surface area (Å²) in [6.07, 6.45) is 0.636. The van der Waals surface area contributed by atoms with Gasteiger partial charge in [-0.1, -0.05) is 86.6 Å². The fourth-order valence-electron chi connectivity index (χ4n) is 5.63.